The van der Waals surface area contributed by atoms with E-state index in [1.54, 1.807) is 0 Å². The molecule has 2 N–H and O–H groups in total. The van der Waals surface area contributed by atoms with Crippen molar-refractivity contribution in [3.05, 3.63) is 102 Å². The Morgan fingerprint density at radius 2 is 1.16 bits per heavy atom. The third-order valence-corrected chi connectivity index (χ3v) is 7.31. The zero-order chi connectivity index (χ0) is 21.6. The molecule has 1 aliphatic rings. The summed E-state index contributed by atoms with van der Waals surface area (Å²) < 4.78 is 0. The van der Waals surface area contributed by atoms with Gasteiger partial charge in [0.05, 0.1) is 0 Å². The molecule has 0 spiro atoms. The van der Waals surface area contributed by atoms with Gasteiger partial charge in [0.25, 0.3) is 0 Å². The molecule has 0 bridgehead atoms. The van der Waals surface area contributed by atoms with Crippen LogP contribution in [0.3, 0.4) is 0 Å². The van der Waals surface area contributed by atoms with E-state index in [-0.39, 0.29) is 5.41 Å². The lowest BCUT2D eigenvalue weighted by Gasteiger charge is -2.33. The van der Waals surface area contributed by atoms with E-state index < -0.39 is 0 Å². The van der Waals surface area contributed by atoms with Crippen LogP contribution in [-0.4, -0.2) is 0 Å². The van der Waals surface area contributed by atoms with Crippen molar-refractivity contribution in [3.8, 4) is 33.4 Å². The number of rotatable bonds is 4. The Kier molecular flexibility index (Phi) is 4.70. The summed E-state index contributed by atoms with van der Waals surface area (Å²) in [6.07, 6.45) is 2.10. The Bertz CT molecular complexity index is 1250. The van der Waals surface area contributed by atoms with Crippen molar-refractivity contribution >= 4 is 5.69 Å². The van der Waals surface area contributed by atoms with Gasteiger partial charge < -0.3 is 5.73 Å². The number of hydrogen-bond acceptors (Lipinski definition) is 1. The van der Waals surface area contributed by atoms with Gasteiger partial charge in [0.1, 0.15) is 0 Å². The van der Waals surface area contributed by atoms with Crippen LogP contribution in [0.1, 0.15) is 43.4 Å². The Labute approximate surface area is 185 Å². The van der Waals surface area contributed by atoms with E-state index in [2.05, 4.69) is 106 Å². The van der Waals surface area contributed by atoms with Gasteiger partial charge in [0.15, 0.2) is 0 Å². The van der Waals surface area contributed by atoms with Gasteiger partial charge in [-0.1, -0.05) is 98.8 Å². The van der Waals surface area contributed by atoms with Crippen LogP contribution in [0.5, 0.6) is 0 Å². The first kappa shape index (κ1) is 19.6. The minimum Gasteiger partial charge on any atom is -0.398 e. The van der Waals surface area contributed by atoms with Crippen molar-refractivity contribution in [1.29, 1.82) is 0 Å². The average Bonchev–Trinajstić information content (AvgIpc) is 3.11. The van der Waals surface area contributed by atoms with E-state index in [1.165, 1.54) is 44.5 Å². The highest BCUT2D eigenvalue weighted by Gasteiger charge is 2.44. The maximum atomic E-state index is 7.09. The molecule has 0 saturated heterocycles. The smallest absolute Gasteiger partial charge is 0.0479 e. The van der Waals surface area contributed by atoms with E-state index in [0.717, 1.165) is 24.1 Å². The predicted molar refractivity (Wildman–Crippen MR) is 133 cm³/mol. The molecule has 0 amide bonds. The van der Waals surface area contributed by atoms with Crippen LogP contribution in [0.15, 0.2) is 84.9 Å². The number of benzene rings is 4. The molecule has 0 atom stereocenters. The van der Waals surface area contributed by atoms with Crippen molar-refractivity contribution in [3.63, 3.8) is 0 Å². The highest BCUT2D eigenvalue weighted by atomic mass is 14.6. The standard InChI is InChI=1S/C30H29N/c1-4-30(5-2)24-19-13-12-18-23(24)26-20(3)25(21-14-8-6-9-15-21)29(31)27(28(26)30)22-16-10-7-11-17-22/h6-19H,4-5,31H2,1-3H3. The van der Waals surface area contributed by atoms with Crippen LogP contribution < -0.4 is 5.73 Å². The van der Waals surface area contributed by atoms with Gasteiger partial charge in [-0.05, 0) is 58.7 Å². The SMILES string of the molecule is CCC1(CC)c2ccccc2-c2c(C)c(-c3ccccc3)c(N)c(-c3ccccc3)c21. The molecule has 4 aromatic rings. The molecule has 0 fully saturated rings. The Hall–Kier alpha value is -3.32. The lowest BCUT2D eigenvalue weighted by atomic mass is 9.70. The minimum absolute atomic E-state index is 0.0226. The van der Waals surface area contributed by atoms with Crippen LogP contribution in [-0.2, 0) is 5.41 Å². The summed E-state index contributed by atoms with van der Waals surface area (Å²) in [5.41, 5.74) is 19.6. The number of hydrogen-bond donors (Lipinski definition) is 1. The lowest BCUT2D eigenvalue weighted by molar-refractivity contribution is 0.491. The summed E-state index contributed by atoms with van der Waals surface area (Å²) in [7, 11) is 0. The molecule has 0 saturated carbocycles. The number of nitrogens with two attached hydrogens (primary N) is 1. The monoisotopic (exact) mass is 403 g/mol. The Morgan fingerprint density at radius 3 is 1.74 bits per heavy atom. The Balaban J connectivity index is 2.00. The van der Waals surface area contributed by atoms with Gasteiger partial charge in [0, 0.05) is 22.2 Å². The third-order valence-electron chi connectivity index (χ3n) is 7.31. The van der Waals surface area contributed by atoms with Gasteiger partial charge in [-0.25, -0.2) is 0 Å². The van der Waals surface area contributed by atoms with E-state index in [1.807, 2.05) is 0 Å². The van der Waals surface area contributed by atoms with Crippen LogP contribution in [0.25, 0.3) is 33.4 Å². The van der Waals surface area contributed by atoms with Crippen molar-refractivity contribution in [1.82, 2.24) is 0 Å². The van der Waals surface area contributed by atoms with Gasteiger partial charge >= 0.3 is 0 Å². The van der Waals surface area contributed by atoms with Gasteiger partial charge in [-0.2, -0.15) is 0 Å². The first-order valence-corrected chi connectivity index (χ1v) is 11.3. The first-order chi connectivity index (χ1) is 15.1. The van der Waals surface area contributed by atoms with E-state index in [9.17, 15) is 0 Å². The minimum atomic E-state index is -0.0226. The fourth-order valence-electron chi connectivity index (χ4n) is 5.83. The van der Waals surface area contributed by atoms with Gasteiger partial charge in [-0.3, -0.25) is 0 Å². The predicted octanol–water partition coefficient (Wildman–Crippen LogP) is 8.00. The molecule has 0 aromatic heterocycles. The summed E-state index contributed by atoms with van der Waals surface area (Å²) >= 11 is 0. The molecule has 1 heteroatoms. The lowest BCUT2D eigenvalue weighted by Crippen LogP contribution is -2.24. The largest absolute Gasteiger partial charge is 0.398 e. The molecular formula is C30H29N. The summed E-state index contributed by atoms with van der Waals surface area (Å²) in [5, 5.41) is 0. The molecule has 5 rings (SSSR count). The molecule has 4 aromatic carbocycles. The van der Waals surface area contributed by atoms with Crippen molar-refractivity contribution < 1.29 is 0 Å². The van der Waals surface area contributed by atoms with E-state index >= 15 is 0 Å². The number of nitrogen functional groups attached to an aromatic ring is 1. The summed E-state index contributed by atoms with van der Waals surface area (Å²) in [6, 6.07) is 30.3. The summed E-state index contributed by atoms with van der Waals surface area (Å²) in [4.78, 5) is 0. The topological polar surface area (TPSA) is 26.0 Å². The molecular weight excluding hydrogens is 374 g/mol. The maximum Gasteiger partial charge on any atom is 0.0479 e. The Morgan fingerprint density at radius 1 is 0.645 bits per heavy atom. The highest BCUT2D eigenvalue weighted by molar-refractivity contribution is 6.02. The van der Waals surface area contributed by atoms with Gasteiger partial charge in [-0.15, -0.1) is 0 Å². The zero-order valence-electron chi connectivity index (χ0n) is 18.6. The third kappa shape index (κ3) is 2.69. The van der Waals surface area contributed by atoms with Gasteiger partial charge in [0.2, 0.25) is 0 Å². The summed E-state index contributed by atoms with van der Waals surface area (Å²) in [6.45, 7) is 6.89. The molecule has 154 valence electrons. The fourth-order valence-corrected chi connectivity index (χ4v) is 5.83. The van der Waals surface area contributed by atoms with Crippen LogP contribution >= 0.6 is 0 Å². The molecule has 0 radical (unpaired) electrons. The highest BCUT2D eigenvalue weighted by Crippen LogP contribution is 2.59. The first-order valence-electron chi connectivity index (χ1n) is 11.3. The molecule has 1 nitrogen and oxygen atoms in total. The number of anilines is 1. The molecule has 1 aliphatic carbocycles. The quantitative estimate of drug-likeness (QED) is 0.343. The normalized spacial score (nSPS) is 13.6. The fraction of sp³-hybridized carbons (Fsp3) is 0.200. The number of fused-ring (bicyclic) bond motifs is 3. The van der Waals surface area contributed by atoms with E-state index in [0.29, 0.717) is 0 Å². The second-order valence-corrected chi connectivity index (χ2v) is 8.61. The second kappa shape index (κ2) is 7.42. The molecule has 0 unspecified atom stereocenters. The molecule has 0 aliphatic heterocycles. The van der Waals surface area contributed by atoms with Crippen molar-refractivity contribution in [2.45, 2.75) is 39.0 Å². The average molecular weight is 404 g/mol. The van der Waals surface area contributed by atoms with Crippen molar-refractivity contribution in [2.75, 3.05) is 5.73 Å². The molecule has 0 heterocycles. The molecule has 31 heavy (non-hydrogen) atoms. The van der Waals surface area contributed by atoms with Crippen LogP contribution in [0.4, 0.5) is 5.69 Å². The maximum absolute atomic E-state index is 7.09. The van der Waals surface area contributed by atoms with Crippen LogP contribution in [0.2, 0.25) is 0 Å². The zero-order valence-corrected chi connectivity index (χ0v) is 18.6. The van der Waals surface area contributed by atoms with E-state index in [4.69, 9.17) is 5.73 Å². The summed E-state index contributed by atoms with van der Waals surface area (Å²) in [5.74, 6) is 0. The van der Waals surface area contributed by atoms with Crippen molar-refractivity contribution in [2.24, 2.45) is 0 Å². The second-order valence-electron chi connectivity index (χ2n) is 8.61. The van der Waals surface area contributed by atoms with Crippen LogP contribution in [0, 0.1) is 6.92 Å².